The fourth-order valence-electron chi connectivity index (χ4n) is 10.3. The second-order valence-electron chi connectivity index (χ2n) is 14.4. The van der Waals surface area contributed by atoms with Gasteiger partial charge in [-0.15, -0.1) is 0 Å². The smallest absolute Gasteiger partial charge is 0.310 e. The molecule has 3 fully saturated rings. The summed E-state index contributed by atoms with van der Waals surface area (Å²) in [6.07, 6.45) is 11.4. The normalized spacial score (nSPS) is 49.3. The Bertz CT molecular complexity index is 852. The molecule has 0 spiro atoms. The summed E-state index contributed by atoms with van der Waals surface area (Å²) < 4.78 is 0. The molecule has 0 aromatic rings. The summed E-state index contributed by atoms with van der Waals surface area (Å²) in [7, 11) is 0. The summed E-state index contributed by atoms with van der Waals surface area (Å²) in [6, 6.07) is 0. The van der Waals surface area contributed by atoms with E-state index in [1.165, 1.54) is 19.3 Å². The zero-order valence-corrected chi connectivity index (χ0v) is 21.4. The number of aliphatic hydroxyl groups excluding tert-OH is 1. The van der Waals surface area contributed by atoms with Crippen molar-refractivity contribution in [2.24, 2.45) is 44.8 Å². The van der Waals surface area contributed by atoms with Crippen molar-refractivity contribution in [1.82, 2.24) is 0 Å². The van der Waals surface area contributed by atoms with Gasteiger partial charge in [-0.25, -0.2) is 0 Å². The summed E-state index contributed by atoms with van der Waals surface area (Å²) >= 11 is 0. The van der Waals surface area contributed by atoms with Crippen LogP contribution in [0.15, 0.2) is 11.1 Å². The van der Waals surface area contributed by atoms with Gasteiger partial charge in [0.05, 0.1) is 11.5 Å². The quantitative estimate of drug-likeness (QED) is 0.430. The molecule has 0 heterocycles. The number of aliphatic carboxylic acids is 1. The van der Waals surface area contributed by atoms with Gasteiger partial charge in [0.15, 0.2) is 0 Å². The van der Waals surface area contributed by atoms with Gasteiger partial charge < -0.3 is 10.2 Å². The minimum atomic E-state index is -0.532. The van der Waals surface area contributed by atoms with Gasteiger partial charge in [-0.1, -0.05) is 52.7 Å². The molecule has 0 unspecified atom stereocenters. The predicted molar refractivity (Wildman–Crippen MR) is 128 cm³/mol. The molecule has 3 heteroatoms. The highest BCUT2D eigenvalue weighted by molar-refractivity contribution is 5.76. The van der Waals surface area contributed by atoms with Crippen LogP contribution >= 0.6 is 0 Å². The number of carboxylic acid groups (broad SMARTS) is 1. The lowest BCUT2D eigenvalue weighted by Gasteiger charge is -2.66. The summed E-state index contributed by atoms with van der Waals surface area (Å²) in [5.74, 6) is 0.943. The summed E-state index contributed by atoms with van der Waals surface area (Å²) in [6.45, 7) is 14.4. The fourth-order valence-corrected chi connectivity index (χ4v) is 10.3. The first-order valence-electron chi connectivity index (χ1n) is 13.4. The van der Waals surface area contributed by atoms with Crippen molar-refractivity contribution in [3.8, 4) is 0 Å². The molecule has 5 rings (SSSR count). The molecule has 0 saturated heterocycles. The predicted octanol–water partition coefficient (Wildman–Crippen LogP) is 6.99. The number of aliphatic hydroxyl groups is 1. The van der Waals surface area contributed by atoms with E-state index in [4.69, 9.17) is 0 Å². The van der Waals surface area contributed by atoms with Crippen LogP contribution in [-0.4, -0.2) is 22.3 Å². The molecule has 5 aliphatic rings. The molecule has 3 nitrogen and oxygen atoms in total. The molecule has 5 aliphatic carbocycles. The van der Waals surface area contributed by atoms with Crippen molar-refractivity contribution in [3.05, 3.63) is 11.1 Å². The monoisotopic (exact) mass is 442 g/mol. The van der Waals surface area contributed by atoms with E-state index in [2.05, 4.69) is 41.5 Å². The van der Waals surface area contributed by atoms with Gasteiger partial charge in [-0.3, -0.25) is 4.79 Å². The molecular weight excluding hydrogens is 396 g/mol. The minimum absolute atomic E-state index is 0.0125. The van der Waals surface area contributed by atoms with Gasteiger partial charge in [-0.05, 0) is 110 Å². The largest absolute Gasteiger partial charge is 0.481 e. The fraction of sp³-hybridized carbons (Fsp3) is 0.897. The third kappa shape index (κ3) is 2.85. The molecular formula is C29H46O3. The van der Waals surface area contributed by atoms with Crippen LogP contribution in [0.2, 0.25) is 0 Å². The van der Waals surface area contributed by atoms with E-state index in [1.807, 2.05) is 0 Å². The SMILES string of the molecule is CC1(C)CC[C@]2(C(=O)O)CCC3=C(CC[C@@H]4[C@@]5(C)CC[C@H](O)C(C)(C)[C@@H]5CC[C@@]34C)[C@@H]2C1. The number of hydrogen-bond acceptors (Lipinski definition) is 2. The average molecular weight is 443 g/mol. The third-order valence-corrected chi connectivity index (χ3v) is 12.1. The topological polar surface area (TPSA) is 57.5 Å². The zero-order valence-electron chi connectivity index (χ0n) is 21.4. The summed E-state index contributed by atoms with van der Waals surface area (Å²) in [4.78, 5) is 12.7. The van der Waals surface area contributed by atoms with Gasteiger partial charge in [0.1, 0.15) is 0 Å². The molecule has 0 bridgehead atoms. The Kier molecular flexibility index (Phi) is 4.92. The number of carboxylic acids is 1. The van der Waals surface area contributed by atoms with Gasteiger partial charge in [0, 0.05) is 0 Å². The first-order valence-corrected chi connectivity index (χ1v) is 13.4. The van der Waals surface area contributed by atoms with Crippen molar-refractivity contribution in [3.63, 3.8) is 0 Å². The molecule has 32 heavy (non-hydrogen) atoms. The van der Waals surface area contributed by atoms with Gasteiger partial charge in [-0.2, -0.15) is 0 Å². The maximum atomic E-state index is 12.7. The zero-order chi connectivity index (χ0) is 23.3. The molecule has 2 N–H and O–H groups in total. The standard InChI is InChI=1S/C29H46O3/c1-25(2)15-16-29(24(31)32)14-9-19-18(20(29)17-25)7-8-22-27(19,5)12-10-21-26(3,4)23(30)11-13-28(21,22)6/h20-23,30H,7-17H2,1-6H3,(H,31,32)/t20-,21-,22-,23-,27-,28-,29+/m0/s1. The minimum Gasteiger partial charge on any atom is -0.481 e. The van der Waals surface area contributed by atoms with Gasteiger partial charge in [0.25, 0.3) is 0 Å². The van der Waals surface area contributed by atoms with E-state index < -0.39 is 11.4 Å². The average Bonchev–Trinajstić information content (AvgIpc) is 2.70. The van der Waals surface area contributed by atoms with Gasteiger partial charge >= 0.3 is 5.97 Å². The van der Waals surface area contributed by atoms with Crippen molar-refractivity contribution < 1.29 is 15.0 Å². The van der Waals surface area contributed by atoms with Crippen molar-refractivity contribution in [1.29, 1.82) is 0 Å². The number of carbonyl (C=O) groups is 1. The first kappa shape index (κ1) is 22.9. The maximum absolute atomic E-state index is 12.7. The molecule has 0 aromatic carbocycles. The van der Waals surface area contributed by atoms with E-state index in [-0.39, 0.29) is 33.7 Å². The van der Waals surface area contributed by atoms with E-state index in [0.29, 0.717) is 11.8 Å². The summed E-state index contributed by atoms with van der Waals surface area (Å²) in [5, 5.41) is 21.2. The highest BCUT2D eigenvalue weighted by atomic mass is 16.4. The van der Waals surface area contributed by atoms with E-state index >= 15 is 0 Å². The van der Waals surface area contributed by atoms with Crippen LogP contribution in [0.5, 0.6) is 0 Å². The maximum Gasteiger partial charge on any atom is 0.310 e. The van der Waals surface area contributed by atoms with Crippen molar-refractivity contribution in [2.75, 3.05) is 0 Å². The Morgan fingerprint density at radius 2 is 1.56 bits per heavy atom. The Morgan fingerprint density at radius 1 is 0.844 bits per heavy atom. The van der Waals surface area contributed by atoms with Crippen LogP contribution in [0.1, 0.15) is 112 Å². The molecule has 0 aliphatic heterocycles. The van der Waals surface area contributed by atoms with Crippen LogP contribution in [0.4, 0.5) is 0 Å². The highest BCUT2D eigenvalue weighted by Crippen LogP contribution is 2.71. The van der Waals surface area contributed by atoms with Crippen LogP contribution in [0, 0.1) is 44.8 Å². The molecule has 7 atom stereocenters. The molecule has 180 valence electrons. The Balaban J connectivity index is 1.57. The second kappa shape index (κ2) is 6.86. The number of fused-ring (bicyclic) bond motifs is 6. The lowest BCUT2D eigenvalue weighted by Crippen LogP contribution is -2.60. The molecule has 3 saturated carbocycles. The third-order valence-electron chi connectivity index (χ3n) is 12.1. The number of hydrogen-bond donors (Lipinski definition) is 2. The van der Waals surface area contributed by atoms with Crippen LogP contribution in [0.3, 0.4) is 0 Å². The van der Waals surface area contributed by atoms with Crippen LogP contribution < -0.4 is 0 Å². The van der Waals surface area contributed by atoms with E-state index in [9.17, 15) is 15.0 Å². The molecule has 0 aromatic heterocycles. The molecule has 0 radical (unpaired) electrons. The van der Waals surface area contributed by atoms with Crippen LogP contribution in [0.25, 0.3) is 0 Å². The van der Waals surface area contributed by atoms with Crippen molar-refractivity contribution >= 4 is 5.97 Å². The first-order chi connectivity index (χ1) is 14.8. The lowest BCUT2D eigenvalue weighted by molar-refractivity contribution is -0.171. The number of allylic oxidation sites excluding steroid dienone is 2. The molecule has 0 amide bonds. The summed E-state index contributed by atoms with van der Waals surface area (Å²) in [5.41, 5.74) is 3.45. The van der Waals surface area contributed by atoms with E-state index in [0.717, 1.165) is 51.4 Å². The van der Waals surface area contributed by atoms with Crippen molar-refractivity contribution in [2.45, 2.75) is 118 Å². The second-order valence-corrected chi connectivity index (χ2v) is 14.4. The van der Waals surface area contributed by atoms with E-state index in [1.54, 1.807) is 11.1 Å². The Morgan fingerprint density at radius 3 is 2.25 bits per heavy atom. The van der Waals surface area contributed by atoms with Gasteiger partial charge in [0.2, 0.25) is 0 Å². The lowest BCUT2D eigenvalue weighted by atomic mass is 9.38. The Labute approximate surface area is 195 Å². The number of rotatable bonds is 1. The highest BCUT2D eigenvalue weighted by Gasteiger charge is 2.64. The Hall–Kier alpha value is -0.830. The van der Waals surface area contributed by atoms with Crippen LogP contribution in [-0.2, 0) is 4.79 Å².